The van der Waals surface area contributed by atoms with Gasteiger partial charge in [0.05, 0.1) is 0 Å². The predicted molar refractivity (Wildman–Crippen MR) is 49.5 cm³/mol. The van der Waals surface area contributed by atoms with Crippen molar-refractivity contribution in [2.45, 2.75) is 22.3 Å². The second-order valence-corrected chi connectivity index (χ2v) is 7.63. The first-order valence-electron chi connectivity index (χ1n) is 0.687. The SMILES string of the molecule is C.C.C.[Cl][Fe]([Cl])[Cl].[Cl][Mn][Cl]. The van der Waals surface area contributed by atoms with Crippen molar-refractivity contribution < 1.29 is 24.3 Å². The summed E-state index contributed by atoms with van der Waals surface area (Å²) in [5.41, 5.74) is 0. The average Bonchev–Trinajstić information content (AvgIpc) is 1.33. The Labute approximate surface area is 96.1 Å². The molecule has 0 unspecified atom stereocenters. The fourth-order valence-electron chi connectivity index (χ4n) is 0. The van der Waals surface area contributed by atoms with Crippen LogP contribution in [0, 0.1) is 0 Å². The summed E-state index contributed by atoms with van der Waals surface area (Å²) in [5, 5.41) is 0. The molecular formula is C3H12Cl5FeMn. The third kappa shape index (κ3) is 152. The van der Waals surface area contributed by atoms with Gasteiger partial charge in [-0.3, -0.25) is 0 Å². The van der Waals surface area contributed by atoms with E-state index in [1.807, 2.05) is 0 Å². The van der Waals surface area contributed by atoms with Crippen molar-refractivity contribution in [2.75, 3.05) is 0 Å². The second-order valence-electron chi connectivity index (χ2n) is 0.206. The van der Waals surface area contributed by atoms with Gasteiger partial charge in [-0.2, -0.15) is 0 Å². The van der Waals surface area contributed by atoms with Gasteiger partial charge in [0, 0.05) is 0 Å². The van der Waals surface area contributed by atoms with E-state index in [1.165, 1.54) is 0 Å². The first-order chi connectivity index (χ1) is 3.15. The topological polar surface area (TPSA) is 0 Å². The van der Waals surface area contributed by atoms with E-state index in [4.69, 9.17) is 50.5 Å². The summed E-state index contributed by atoms with van der Waals surface area (Å²) in [4.78, 5) is 0. The maximum absolute atomic E-state index is 4.89. The summed E-state index contributed by atoms with van der Waals surface area (Å²) in [7, 11) is 24.3. The van der Waals surface area contributed by atoms with E-state index in [2.05, 4.69) is 0 Å². The first-order valence-corrected chi connectivity index (χ1v) is 8.49. The molecule has 0 rings (SSSR count). The van der Waals surface area contributed by atoms with Gasteiger partial charge in [0.2, 0.25) is 0 Å². The predicted octanol–water partition coefficient (Wildman–Crippen LogP) is 5.35. The third-order valence-corrected chi connectivity index (χ3v) is 0. The zero-order chi connectivity index (χ0) is 6.28. The molecule has 0 radical (unpaired) electrons. The molecule has 0 atom stereocenters. The summed E-state index contributed by atoms with van der Waals surface area (Å²) in [6.07, 6.45) is 0. The van der Waals surface area contributed by atoms with Crippen molar-refractivity contribution in [2.24, 2.45) is 0 Å². The first kappa shape index (κ1) is 29.4. The van der Waals surface area contributed by atoms with Crippen LogP contribution in [0.2, 0.25) is 0 Å². The van der Waals surface area contributed by atoms with Gasteiger partial charge in [-0.15, -0.1) is 0 Å². The quantitative estimate of drug-likeness (QED) is 0.523. The van der Waals surface area contributed by atoms with Crippen LogP contribution >= 0.6 is 50.5 Å². The molecule has 0 amide bonds. The van der Waals surface area contributed by atoms with Crippen molar-refractivity contribution in [3.8, 4) is 0 Å². The van der Waals surface area contributed by atoms with E-state index in [-0.39, 0.29) is 35.4 Å². The van der Waals surface area contributed by atoms with Crippen LogP contribution in [0.15, 0.2) is 0 Å². The molecule has 0 aromatic carbocycles. The van der Waals surface area contributed by atoms with Crippen LogP contribution in [0.3, 0.4) is 0 Å². The van der Waals surface area contributed by atoms with Crippen LogP contribution in [-0.4, -0.2) is 0 Å². The fourth-order valence-corrected chi connectivity index (χ4v) is 0. The fraction of sp³-hybridized carbons (Fsp3) is 1.00. The Balaban J connectivity index is -0.0000000131. The molecular weight excluding hydrogens is 324 g/mol. The van der Waals surface area contributed by atoms with Gasteiger partial charge in [0.15, 0.2) is 0 Å². The van der Waals surface area contributed by atoms with E-state index in [9.17, 15) is 0 Å². The molecule has 10 heavy (non-hydrogen) atoms. The van der Waals surface area contributed by atoms with Gasteiger partial charge < -0.3 is 0 Å². The Morgan fingerprint density at radius 2 is 0.800 bits per heavy atom. The van der Waals surface area contributed by atoms with Gasteiger partial charge in [-0.25, -0.2) is 0 Å². The van der Waals surface area contributed by atoms with Crippen LogP contribution < -0.4 is 0 Å². The standard InChI is InChI=1S/3CH4.5ClH.Fe.Mn/h3*1H4;5*1H;;/q;;;;;;;;+3;+2/p-5. The molecule has 0 aromatic rings. The molecule has 0 heterocycles. The van der Waals surface area contributed by atoms with Crippen LogP contribution in [0.4, 0.5) is 0 Å². The molecule has 0 saturated heterocycles. The molecule has 0 nitrogen and oxygen atoms in total. The van der Waals surface area contributed by atoms with E-state index < -0.39 is 11.2 Å². The summed E-state index contributed by atoms with van der Waals surface area (Å²) >= 11 is -1.33. The van der Waals surface area contributed by atoms with Crippen LogP contribution in [0.5, 0.6) is 0 Å². The van der Waals surface area contributed by atoms with Gasteiger partial charge in [-0.1, -0.05) is 22.3 Å². The van der Waals surface area contributed by atoms with Crippen molar-refractivity contribution in [1.29, 1.82) is 0 Å². The monoisotopic (exact) mass is 334 g/mol. The van der Waals surface area contributed by atoms with Crippen molar-refractivity contribution in [1.82, 2.24) is 0 Å². The van der Waals surface area contributed by atoms with E-state index in [0.717, 1.165) is 0 Å². The summed E-state index contributed by atoms with van der Waals surface area (Å²) in [5.74, 6) is 0. The number of hydrogen-bond acceptors (Lipinski definition) is 0. The molecule has 0 N–H and O–H groups in total. The molecule has 0 bridgehead atoms. The number of hydrogen-bond donors (Lipinski definition) is 0. The average molecular weight is 336 g/mol. The zero-order valence-electron chi connectivity index (χ0n) is 2.62. The minimum absolute atomic E-state index is 0. The van der Waals surface area contributed by atoms with Crippen molar-refractivity contribution in [3.05, 3.63) is 0 Å². The Kier molecular flexibility index (Phi) is 88.2. The van der Waals surface area contributed by atoms with E-state index in [0.29, 0.717) is 0 Å². The van der Waals surface area contributed by atoms with Crippen molar-refractivity contribution in [3.63, 3.8) is 0 Å². The summed E-state index contributed by atoms with van der Waals surface area (Å²) in [6, 6.07) is 0. The van der Waals surface area contributed by atoms with Crippen LogP contribution in [0.25, 0.3) is 0 Å². The minimum atomic E-state index is -1.33. The molecule has 0 fully saturated rings. The van der Waals surface area contributed by atoms with Gasteiger partial charge in [0.25, 0.3) is 0 Å². The van der Waals surface area contributed by atoms with Gasteiger partial charge in [-0.05, 0) is 0 Å². The molecule has 0 aliphatic heterocycles. The molecule has 0 aliphatic rings. The van der Waals surface area contributed by atoms with Crippen LogP contribution in [0.1, 0.15) is 22.3 Å². The molecule has 0 spiro atoms. The molecule has 0 aromatic heterocycles. The molecule has 7 heteroatoms. The summed E-state index contributed by atoms with van der Waals surface area (Å²) in [6.45, 7) is 0. The van der Waals surface area contributed by atoms with Gasteiger partial charge in [0.1, 0.15) is 0 Å². The van der Waals surface area contributed by atoms with Crippen molar-refractivity contribution >= 4 is 50.5 Å². The molecule has 74 valence electrons. The normalized spacial score (nSPS) is 6.30. The molecule has 0 aliphatic carbocycles. The Hall–Kier alpha value is 2.49. The number of halogens is 5. The molecule has 0 saturated carbocycles. The maximum atomic E-state index is 4.89. The van der Waals surface area contributed by atoms with Crippen LogP contribution in [-0.2, 0) is 24.3 Å². The van der Waals surface area contributed by atoms with E-state index >= 15 is 0 Å². The third-order valence-electron chi connectivity index (χ3n) is 0. The summed E-state index contributed by atoms with van der Waals surface area (Å²) < 4.78 is 0. The second kappa shape index (κ2) is 30.0. The van der Waals surface area contributed by atoms with Gasteiger partial charge >= 0.3 is 74.8 Å². The Morgan fingerprint density at radius 3 is 0.800 bits per heavy atom. The number of rotatable bonds is 0. The Bertz CT molecular complexity index is 28.1. The van der Waals surface area contributed by atoms with E-state index in [1.54, 1.807) is 0 Å². The Morgan fingerprint density at radius 1 is 0.800 bits per heavy atom. The zero-order valence-corrected chi connectivity index (χ0v) is 8.69.